The molecule has 2 heterocycles. The molecule has 1 saturated carbocycles. The lowest BCUT2D eigenvalue weighted by molar-refractivity contribution is -0.119. The lowest BCUT2D eigenvalue weighted by Crippen LogP contribution is -2.41. The largest absolute Gasteiger partial charge is 0.352 e. The van der Waals surface area contributed by atoms with E-state index in [0.29, 0.717) is 28.6 Å². The Morgan fingerprint density at radius 1 is 1.16 bits per heavy atom. The zero-order chi connectivity index (χ0) is 22.0. The molecule has 164 valence electrons. The molecule has 0 saturated heterocycles. The van der Waals surface area contributed by atoms with E-state index < -0.39 is 0 Å². The molecule has 31 heavy (non-hydrogen) atoms. The van der Waals surface area contributed by atoms with Gasteiger partial charge in [-0.25, -0.2) is 9.50 Å². The molecule has 1 aliphatic rings. The number of nitrogens with zero attached hydrogens (tertiary/aromatic N) is 4. The number of aromatic nitrogens is 4. The number of carbonyl (C=O) groups is 1. The van der Waals surface area contributed by atoms with Crippen molar-refractivity contribution >= 4 is 23.4 Å². The van der Waals surface area contributed by atoms with Crippen LogP contribution in [0.3, 0.4) is 0 Å². The zero-order valence-corrected chi connectivity index (χ0v) is 19.6. The van der Waals surface area contributed by atoms with E-state index in [4.69, 9.17) is 0 Å². The minimum Gasteiger partial charge on any atom is -0.352 e. The van der Waals surface area contributed by atoms with Crippen molar-refractivity contribution in [3.05, 3.63) is 52.3 Å². The van der Waals surface area contributed by atoms with Crippen LogP contribution in [0.25, 0.3) is 5.78 Å². The molecule has 0 spiro atoms. The Hall–Kier alpha value is -2.41. The first kappa shape index (κ1) is 21.8. The first-order chi connectivity index (χ1) is 14.9. The summed E-state index contributed by atoms with van der Waals surface area (Å²) < 4.78 is 1.81. The number of amides is 1. The van der Waals surface area contributed by atoms with Gasteiger partial charge in [-0.3, -0.25) is 4.79 Å². The SMILES string of the molecule is Cc1ccccc1Cc1c(C)nc2nc(SCC(=O)N[C@@H]3CCCC[C@H]3C)nn2c1C. The smallest absolute Gasteiger partial charge is 0.253 e. The van der Waals surface area contributed by atoms with Gasteiger partial charge in [-0.15, -0.1) is 5.10 Å². The molecule has 1 amide bonds. The number of rotatable bonds is 6. The summed E-state index contributed by atoms with van der Waals surface area (Å²) in [6, 6.07) is 8.72. The van der Waals surface area contributed by atoms with Gasteiger partial charge in [-0.2, -0.15) is 4.98 Å². The molecule has 1 N–H and O–H groups in total. The normalized spacial score (nSPS) is 19.0. The molecular formula is C24H31N5OS. The minimum atomic E-state index is 0.0590. The van der Waals surface area contributed by atoms with Crippen LogP contribution in [0.4, 0.5) is 0 Å². The predicted molar refractivity (Wildman–Crippen MR) is 125 cm³/mol. The number of hydrogen-bond donors (Lipinski definition) is 1. The van der Waals surface area contributed by atoms with E-state index >= 15 is 0 Å². The highest BCUT2D eigenvalue weighted by Crippen LogP contribution is 2.25. The number of nitrogens with one attached hydrogen (secondary N) is 1. The van der Waals surface area contributed by atoms with E-state index in [2.05, 4.69) is 65.4 Å². The van der Waals surface area contributed by atoms with E-state index in [9.17, 15) is 4.79 Å². The highest BCUT2D eigenvalue weighted by atomic mass is 32.2. The number of thioether (sulfide) groups is 1. The molecule has 1 aliphatic carbocycles. The molecule has 0 radical (unpaired) electrons. The summed E-state index contributed by atoms with van der Waals surface area (Å²) in [7, 11) is 0. The highest BCUT2D eigenvalue weighted by Gasteiger charge is 2.23. The molecule has 1 aromatic carbocycles. The molecule has 0 unspecified atom stereocenters. The van der Waals surface area contributed by atoms with E-state index in [1.54, 1.807) is 0 Å². The lowest BCUT2D eigenvalue weighted by Gasteiger charge is -2.29. The van der Waals surface area contributed by atoms with Crippen LogP contribution in [0.2, 0.25) is 0 Å². The van der Waals surface area contributed by atoms with Gasteiger partial charge < -0.3 is 5.32 Å². The van der Waals surface area contributed by atoms with Crippen molar-refractivity contribution in [2.45, 2.75) is 71.0 Å². The van der Waals surface area contributed by atoms with Gasteiger partial charge in [0.1, 0.15) is 0 Å². The predicted octanol–water partition coefficient (Wildman–Crippen LogP) is 4.43. The van der Waals surface area contributed by atoms with Crippen LogP contribution in [0.1, 0.15) is 60.7 Å². The van der Waals surface area contributed by atoms with Gasteiger partial charge in [0.15, 0.2) is 0 Å². The fourth-order valence-electron chi connectivity index (χ4n) is 4.42. The third-order valence-electron chi connectivity index (χ3n) is 6.45. The summed E-state index contributed by atoms with van der Waals surface area (Å²) in [5.74, 6) is 1.53. The second-order valence-corrected chi connectivity index (χ2v) is 9.64. The Morgan fingerprint density at radius 2 is 1.94 bits per heavy atom. The quantitative estimate of drug-likeness (QED) is 0.578. The summed E-state index contributed by atoms with van der Waals surface area (Å²) in [4.78, 5) is 21.7. The monoisotopic (exact) mass is 437 g/mol. The van der Waals surface area contributed by atoms with Crippen LogP contribution in [-0.2, 0) is 11.2 Å². The Balaban J connectivity index is 1.47. The Morgan fingerprint density at radius 3 is 2.71 bits per heavy atom. The van der Waals surface area contributed by atoms with E-state index in [1.807, 2.05) is 11.4 Å². The summed E-state index contributed by atoms with van der Waals surface area (Å²) >= 11 is 1.38. The van der Waals surface area contributed by atoms with Crippen molar-refractivity contribution in [3.63, 3.8) is 0 Å². The maximum absolute atomic E-state index is 12.4. The Kier molecular flexibility index (Phi) is 6.60. The summed E-state index contributed by atoms with van der Waals surface area (Å²) in [5.41, 5.74) is 5.76. The molecule has 2 atom stereocenters. The maximum atomic E-state index is 12.4. The molecule has 7 heteroatoms. The van der Waals surface area contributed by atoms with Crippen molar-refractivity contribution < 1.29 is 4.79 Å². The lowest BCUT2D eigenvalue weighted by atomic mass is 9.86. The van der Waals surface area contributed by atoms with Gasteiger partial charge in [-0.1, -0.05) is 55.8 Å². The number of benzene rings is 1. The maximum Gasteiger partial charge on any atom is 0.253 e. The van der Waals surface area contributed by atoms with Crippen molar-refractivity contribution in [2.24, 2.45) is 5.92 Å². The van der Waals surface area contributed by atoms with Crippen LogP contribution in [0.5, 0.6) is 0 Å². The van der Waals surface area contributed by atoms with Crippen molar-refractivity contribution in [2.75, 3.05) is 5.75 Å². The van der Waals surface area contributed by atoms with Crippen LogP contribution in [0, 0.1) is 26.7 Å². The van der Waals surface area contributed by atoms with Crippen LogP contribution < -0.4 is 5.32 Å². The zero-order valence-electron chi connectivity index (χ0n) is 18.8. The first-order valence-corrected chi connectivity index (χ1v) is 12.1. The third kappa shape index (κ3) is 4.92. The molecule has 2 aromatic heterocycles. The van der Waals surface area contributed by atoms with Gasteiger partial charge in [0.25, 0.3) is 5.78 Å². The van der Waals surface area contributed by atoms with Crippen LogP contribution in [-0.4, -0.2) is 37.3 Å². The number of fused-ring (bicyclic) bond motifs is 1. The summed E-state index contributed by atoms with van der Waals surface area (Å²) in [6.07, 6.45) is 5.56. The summed E-state index contributed by atoms with van der Waals surface area (Å²) in [6.45, 7) is 8.46. The second-order valence-electron chi connectivity index (χ2n) is 8.70. The fourth-order valence-corrected chi connectivity index (χ4v) is 5.04. The summed E-state index contributed by atoms with van der Waals surface area (Å²) in [5, 5.41) is 8.43. The Labute approximate surface area is 188 Å². The van der Waals surface area contributed by atoms with Crippen LogP contribution in [0.15, 0.2) is 29.4 Å². The fraction of sp³-hybridized carbons (Fsp3) is 0.500. The van der Waals surface area contributed by atoms with Gasteiger partial charge >= 0.3 is 0 Å². The van der Waals surface area contributed by atoms with Gasteiger partial charge in [0, 0.05) is 23.9 Å². The van der Waals surface area contributed by atoms with Crippen LogP contribution >= 0.6 is 11.8 Å². The average Bonchev–Trinajstić information content (AvgIpc) is 3.15. The third-order valence-corrected chi connectivity index (χ3v) is 7.29. The van der Waals surface area contributed by atoms with Gasteiger partial charge in [0.2, 0.25) is 11.1 Å². The van der Waals surface area contributed by atoms with Gasteiger partial charge in [-0.05, 0) is 56.2 Å². The molecule has 0 aliphatic heterocycles. The number of hydrogen-bond acceptors (Lipinski definition) is 5. The average molecular weight is 438 g/mol. The Bertz CT molecular complexity index is 1090. The van der Waals surface area contributed by atoms with Gasteiger partial charge in [0.05, 0.1) is 5.75 Å². The molecule has 3 aromatic rings. The minimum absolute atomic E-state index is 0.0590. The van der Waals surface area contributed by atoms with Crippen molar-refractivity contribution in [3.8, 4) is 0 Å². The molecule has 0 bridgehead atoms. The van der Waals surface area contributed by atoms with E-state index in [1.165, 1.54) is 47.7 Å². The molecular weight excluding hydrogens is 406 g/mol. The van der Waals surface area contributed by atoms with Crippen molar-refractivity contribution in [1.82, 2.24) is 24.9 Å². The highest BCUT2D eigenvalue weighted by molar-refractivity contribution is 7.99. The standard InChI is InChI=1S/C24H31N5OS/c1-15-9-5-7-11-19(15)13-20-17(3)25-23-27-24(28-29(23)18(20)4)31-14-22(30)26-21-12-8-6-10-16(21)2/h5,7,9,11,16,21H,6,8,10,12-14H2,1-4H3,(H,26,30)/t16-,21-/m1/s1. The number of aryl methyl sites for hydroxylation is 3. The van der Waals surface area contributed by atoms with Crippen molar-refractivity contribution in [1.29, 1.82) is 0 Å². The molecule has 6 nitrogen and oxygen atoms in total. The number of carbonyl (C=O) groups excluding carboxylic acids is 1. The first-order valence-electron chi connectivity index (χ1n) is 11.1. The van der Waals surface area contributed by atoms with E-state index in [-0.39, 0.29) is 5.91 Å². The second kappa shape index (κ2) is 9.39. The van der Waals surface area contributed by atoms with E-state index in [0.717, 1.165) is 24.2 Å². The topological polar surface area (TPSA) is 72.2 Å². The molecule has 1 fully saturated rings. The molecule has 4 rings (SSSR count).